The normalized spacial score (nSPS) is 18.4. The first-order valence-corrected chi connectivity index (χ1v) is 17.5. The van der Waals surface area contributed by atoms with Crippen molar-refractivity contribution in [2.75, 3.05) is 19.7 Å². The fourth-order valence-electron chi connectivity index (χ4n) is 7.76. The Bertz CT molecular complexity index is 1830. The molecule has 250 valence electrons. The van der Waals surface area contributed by atoms with Crippen LogP contribution in [-0.2, 0) is 24.8 Å². The second-order valence-corrected chi connectivity index (χ2v) is 14.2. The Labute approximate surface area is 286 Å². The van der Waals surface area contributed by atoms with Gasteiger partial charge in [0.2, 0.25) is 0 Å². The summed E-state index contributed by atoms with van der Waals surface area (Å²) >= 11 is 13.4. The number of carboxylic acid groups (broad SMARTS) is 1. The summed E-state index contributed by atoms with van der Waals surface area (Å²) in [5, 5.41) is 16.6. The van der Waals surface area contributed by atoms with Crippen molar-refractivity contribution in [3.63, 3.8) is 0 Å². The van der Waals surface area contributed by atoms with E-state index in [1.807, 2.05) is 55.6 Å². The lowest BCUT2D eigenvalue weighted by Crippen LogP contribution is -2.37. The molecule has 2 aliphatic rings. The zero-order chi connectivity index (χ0) is 33.6. The summed E-state index contributed by atoms with van der Waals surface area (Å²) in [6.45, 7) is 10.5. The van der Waals surface area contributed by atoms with Crippen LogP contribution < -0.4 is 4.74 Å². The molecule has 1 saturated carbocycles. The van der Waals surface area contributed by atoms with E-state index in [0.717, 1.165) is 92.3 Å². The lowest BCUT2D eigenvalue weighted by atomic mass is 9.82. The second kappa shape index (κ2) is 13.6. The number of carbonyl (C=O) groups is 2. The number of ether oxygens (including phenoxy) is 1. The Kier molecular flexibility index (Phi) is 9.64. The average Bonchev–Trinajstić information content (AvgIpc) is 3.41. The lowest BCUT2D eigenvalue weighted by molar-refractivity contribution is -0.143. The van der Waals surface area contributed by atoms with Crippen LogP contribution in [0, 0.1) is 39.5 Å². The Morgan fingerprint density at radius 2 is 1.72 bits per heavy atom. The standard InChI is InChI=1S/C37H44Cl2N4O4/c1-21-18-27(19-22(2)33(21)39)47-17-6-8-28-29-13-14-30(38)32(31-23(3)40-41(5)24(31)4)34(29)43-16-7-15-42(36(44)35(28)43)20-25-9-11-26(12-10-25)37(45)46/h13-14,18-19,25-26H,6-12,15-17,20H2,1-5H3,(H,45,46). The number of amides is 1. The predicted molar refractivity (Wildman–Crippen MR) is 187 cm³/mol. The van der Waals surface area contributed by atoms with Gasteiger partial charge in [0, 0.05) is 53.9 Å². The molecule has 1 aliphatic heterocycles. The molecule has 3 heterocycles. The molecule has 1 amide bonds. The van der Waals surface area contributed by atoms with Gasteiger partial charge in [0.25, 0.3) is 5.91 Å². The van der Waals surface area contributed by atoms with Crippen LogP contribution in [0.25, 0.3) is 22.0 Å². The number of aromatic nitrogens is 3. The number of hydrogen-bond donors (Lipinski definition) is 1. The van der Waals surface area contributed by atoms with Crippen LogP contribution in [0.5, 0.6) is 5.75 Å². The number of aryl methyl sites for hydroxylation is 6. The number of hydrogen-bond acceptors (Lipinski definition) is 4. The van der Waals surface area contributed by atoms with Crippen LogP contribution in [0.15, 0.2) is 24.3 Å². The van der Waals surface area contributed by atoms with Crippen molar-refractivity contribution in [2.24, 2.45) is 18.9 Å². The highest BCUT2D eigenvalue weighted by Gasteiger charge is 2.34. The number of aliphatic carboxylic acids is 1. The quantitative estimate of drug-likeness (QED) is 0.180. The summed E-state index contributed by atoms with van der Waals surface area (Å²) in [5.41, 5.74) is 8.58. The molecule has 4 aromatic rings. The molecule has 0 spiro atoms. The molecular formula is C37H44Cl2N4O4. The largest absolute Gasteiger partial charge is 0.494 e. The Morgan fingerprint density at radius 1 is 1.02 bits per heavy atom. The highest BCUT2D eigenvalue weighted by Crippen LogP contribution is 2.43. The number of rotatable bonds is 9. The fourth-order valence-corrected chi connectivity index (χ4v) is 8.12. The van der Waals surface area contributed by atoms with Gasteiger partial charge >= 0.3 is 5.97 Å². The maximum atomic E-state index is 14.6. The topological polar surface area (TPSA) is 89.6 Å². The minimum Gasteiger partial charge on any atom is -0.494 e. The average molecular weight is 680 g/mol. The van der Waals surface area contributed by atoms with E-state index in [4.69, 9.17) is 33.0 Å². The SMILES string of the molecule is Cc1cc(OCCCc2c3n(c4c(-c5c(C)nn(C)c5C)c(Cl)ccc24)CCCN(CC2CCC(C(=O)O)CC2)C3=O)cc(C)c1Cl. The third kappa shape index (κ3) is 6.39. The minimum absolute atomic E-state index is 0.0423. The highest BCUT2D eigenvalue weighted by atomic mass is 35.5. The van der Waals surface area contributed by atoms with Crippen LogP contribution in [0.2, 0.25) is 10.0 Å². The van der Waals surface area contributed by atoms with Crippen molar-refractivity contribution >= 4 is 46.0 Å². The molecule has 1 fully saturated rings. The number of fused-ring (bicyclic) bond motifs is 3. The fraction of sp³-hybridized carbons (Fsp3) is 0.486. The van der Waals surface area contributed by atoms with Crippen molar-refractivity contribution in [3.05, 3.63) is 68.1 Å². The van der Waals surface area contributed by atoms with E-state index in [-0.39, 0.29) is 11.8 Å². The zero-order valence-electron chi connectivity index (χ0n) is 28.0. The van der Waals surface area contributed by atoms with Gasteiger partial charge in [-0.1, -0.05) is 29.3 Å². The molecule has 10 heteroatoms. The van der Waals surface area contributed by atoms with E-state index in [1.165, 1.54) is 0 Å². The summed E-state index contributed by atoms with van der Waals surface area (Å²) in [5.74, 6) is 0.161. The van der Waals surface area contributed by atoms with Crippen molar-refractivity contribution in [1.82, 2.24) is 19.2 Å². The van der Waals surface area contributed by atoms with E-state index in [2.05, 4.69) is 17.6 Å². The van der Waals surface area contributed by atoms with E-state index in [1.54, 1.807) is 0 Å². The van der Waals surface area contributed by atoms with Crippen LogP contribution in [-0.4, -0.2) is 55.9 Å². The molecule has 0 atom stereocenters. The molecule has 0 bridgehead atoms. The maximum absolute atomic E-state index is 14.6. The van der Waals surface area contributed by atoms with Gasteiger partial charge in [-0.3, -0.25) is 14.3 Å². The summed E-state index contributed by atoms with van der Waals surface area (Å²) in [6.07, 6.45) is 5.22. The summed E-state index contributed by atoms with van der Waals surface area (Å²) in [4.78, 5) is 28.2. The number of nitrogens with zero attached hydrogens (tertiary/aromatic N) is 4. The molecule has 47 heavy (non-hydrogen) atoms. The number of carbonyl (C=O) groups excluding carboxylic acids is 1. The molecule has 2 aromatic heterocycles. The monoisotopic (exact) mass is 678 g/mol. The molecule has 1 N–H and O–H groups in total. The molecule has 1 aliphatic carbocycles. The van der Waals surface area contributed by atoms with Crippen molar-refractivity contribution in [3.8, 4) is 16.9 Å². The van der Waals surface area contributed by atoms with Gasteiger partial charge in [-0.2, -0.15) is 5.10 Å². The van der Waals surface area contributed by atoms with Crippen LogP contribution >= 0.6 is 23.2 Å². The van der Waals surface area contributed by atoms with Gasteiger partial charge in [0.05, 0.1) is 28.8 Å². The summed E-state index contributed by atoms with van der Waals surface area (Å²) < 4.78 is 10.3. The first kappa shape index (κ1) is 33.4. The van der Waals surface area contributed by atoms with Crippen molar-refractivity contribution in [1.29, 1.82) is 0 Å². The Hall–Kier alpha value is -3.49. The highest BCUT2D eigenvalue weighted by molar-refractivity contribution is 6.35. The molecule has 0 saturated heterocycles. The number of carboxylic acids is 1. The van der Waals surface area contributed by atoms with E-state index >= 15 is 0 Å². The predicted octanol–water partition coefficient (Wildman–Crippen LogP) is 8.33. The molecule has 6 rings (SSSR count). The minimum atomic E-state index is -0.706. The first-order valence-electron chi connectivity index (χ1n) is 16.7. The van der Waals surface area contributed by atoms with Crippen LogP contribution in [0.4, 0.5) is 0 Å². The van der Waals surface area contributed by atoms with Crippen LogP contribution in [0.3, 0.4) is 0 Å². The third-order valence-electron chi connectivity index (χ3n) is 10.3. The Morgan fingerprint density at radius 3 is 2.36 bits per heavy atom. The van der Waals surface area contributed by atoms with Crippen molar-refractivity contribution in [2.45, 2.75) is 79.2 Å². The maximum Gasteiger partial charge on any atom is 0.306 e. The van der Waals surface area contributed by atoms with Crippen molar-refractivity contribution < 1.29 is 19.4 Å². The van der Waals surface area contributed by atoms with Gasteiger partial charge in [-0.25, -0.2) is 0 Å². The van der Waals surface area contributed by atoms with Gasteiger partial charge in [0.1, 0.15) is 11.4 Å². The molecule has 0 radical (unpaired) electrons. The van der Waals surface area contributed by atoms with Crippen LogP contribution in [0.1, 0.15) is 77.1 Å². The zero-order valence-corrected chi connectivity index (χ0v) is 29.5. The molecule has 0 unspecified atom stereocenters. The van der Waals surface area contributed by atoms with E-state index in [0.29, 0.717) is 56.4 Å². The lowest BCUT2D eigenvalue weighted by Gasteiger charge is -2.31. The van der Waals surface area contributed by atoms with E-state index in [9.17, 15) is 14.7 Å². The first-order chi connectivity index (χ1) is 22.5. The number of halogens is 2. The third-order valence-corrected chi connectivity index (χ3v) is 11.2. The van der Waals surface area contributed by atoms with Gasteiger partial charge in [-0.15, -0.1) is 0 Å². The van der Waals surface area contributed by atoms with Gasteiger partial charge in [-0.05, 0) is 113 Å². The van der Waals surface area contributed by atoms with Gasteiger partial charge in [0.15, 0.2) is 0 Å². The molecule has 8 nitrogen and oxygen atoms in total. The smallest absolute Gasteiger partial charge is 0.306 e. The number of benzene rings is 2. The molecule has 2 aromatic carbocycles. The van der Waals surface area contributed by atoms with E-state index < -0.39 is 5.97 Å². The molecular weight excluding hydrogens is 635 g/mol. The second-order valence-electron chi connectivity index (χ2n) is 13.5. The summed E-state index contributed by atoms with van der Waals surface area (Å²) in [6, 6.07) is 7.95. The summed E-state index contributed by atoms with van der Waals surface area (Å²) in [7, 11) is 1.94. The Balaban J connectivity index is 1.37. The van der Waals surface area contributed by atoms with Gasteiger partial charge < -0.3 is 19.3 Å².